The first kappa shape index (κ1) is 12.7. The highest BCUT2D eigenvalue weighted by atomic mass is 35.5. The molecule has 0 aliphatic heterocycles. The number of alkyl halides is 1. The smallest absolute Gasteiger partial charge is 0.235 e. The lowest BCUT2D eigenvalue weighted by molar-refractivity contribution is 0.585. The first-order valence-electron chi connectivity index (χ1n) is 5.78. The molecule has 0 heterocycles. The fourth-order valence-corrected chi connectivity index (χ4v) is 3.91. The SMILES string of the molecule is O=S(=O)(Nc1cccc(CCl)c1)C1CCCC1. The van der Waals surface area contributed by atoms with E-state index in [0.29, 0.717) is 11.6 Å². The summed E-state index contributed by atoms with van der Waals surface area (Å²) in [4.78, 5) is 0. The van der Waals surface area contributed by atoms with Crippen LogP contribution in [0.25, 0.3) is 0 Å². The molecule has 2 rings (SSSR count). The molecule has 0 unspecified atom stereocenters. The molecular formula is C12H16ClNO2S. The number of rotatable bonds is 4. The molecule has 0 radical (unpaired) electrons. The van der Waals surface area contributed by atoms with E-state index in [1.807, 2.05) is 12.1 Å². The molecule has 1 N–H and O–H groups in total. The van der Waals surface area contributed by atoms with E-state index in [1.54, 1.807) is 12.1 Å². The van der Waals surface area contributed by atoms with Crippen LogP contribution >= 0.6 is 11.6 Å². The number of halogens is 1. The summed E-state index contributed by atoms with van der Waals surface area (Å²) < 4.78 is 26.8. The van der Waals surface area contributed by atoms with Gasteiger partial charge in [0.05, 0.1) is 5.25 Å². The van der Waals surface area contributed by atoms with Crippen molar-refractivity contribution in [3.05, 3.63) is 29.8 Å². The van der Waals surface area contributed by atoms with Crippen molar-refractivity contribution >= 4 is 27.3 Å². The molecule has 94 valence electrons. The Kier molecular flexibility index (Phi) is 3.94. The van der Waals surface area contributed by atoms with Gasteiger partial charge < -0.3 is 0 Å². The molecule has 0 amide bonds. The van der Waals surface area contributed by atoms with Crippen LogP contribution in [0, 0.1) is 0 Å². The van der Waals surface area contributed by atoms with Gasteiger partial charge in [-0.1, -0.05) is 25.0 Å². The lowest BCUT2D eigenvalue weighted by Crippen LogP contribution is -2.25. The summed E-state index contributed by atoms with van der Waals surface area (Å²) >= 11 is 5.72. The van der Waals surface area contributed by atoms with Gasteiger partial charge in [0, 0.05) is 11.6 Å². The van der Waals surface area contributed by atoms with Gasteiger partial charge >= 0.3 is 0 Å². The number of sulfonamides is 1. The second-order valence-corrected chi connectivity index (χ2v) is 6.62. The van der Waals surface area contributed by atoms with Gasteiger partial charge in [-0.2, -0.15) is 0 Å². The van der Waals surface area contributed by atoms with Gasteiger partial charge in [-0.15, -0.1) is 11.6 Å². The Labute approximate surface area is 107 Å². The number of nitrogens with one attached hydrogen (secondary N) is 1. The van der Waals surface area contributed by atoms with Crippen molar-refractivity contribution in [1.29, 1.82) is 0 Å². The molecule has 0 spiro atoms. The molecule has 1 aliphatic rings. The maximum Gasteiger partial charge on any atom is 0.235 e. The Morgan fingerprint density at radius 2 is 2.00 bits per heavy atom. The van der Waals surface area contributed by atoms with Crippen LogP contribution in [0.5, 0.6) is 0 Å². The van der Waals surface area contributed by atoms with Crippen LogP contribution in [-0.4, -0.2) is 13.7 Å². The Morgan fingerprint density at radius 3 is 2.65 bits per heavy atom. The largest absolute Gasteiger partial charge is 0.283 e. The maximum absolute atomic E-state index is 12.1. The molecule has 1 fully saturated rings. The monoisotopic (exact) mass is 273 g/mol. The van der Waals surface area contributed by atoms with Gasteiger partial charge in [0.2, 0.25) is 10.0 Å². The van der Waals surface area contributed by atoms with Gasteiger partial charge in [0.1, 0.15) is 0 Å². The third kappa shape index (κ3) is 3.13. The van der Waals surface area contributed by atoms with Gasteiger partial charge in [-0.25, -0.2) is 8.42 Å². The van der Waals surface area contributed by atoms with Crippen molar-refractivity contribution in [1.82, 2.24) is 0 Å². The van der Waals surface area contributed by atoms with E-state index in [2.05, 4.69) is 4.72 Å². The summed E-state index contributed by atoms with van der Waals surface area (Å²) in [5.41, 5.74) is 1.52. The van der Waals surface area contributed by atoms with Crippen LogP contribution in [-0.2, 0) is 15.9 Å². The second-order valence-electron chi connectivity index (χ2n) is 4.39. The molecule has 0 bridgehead atoms. The first-order chi connectivity index (χ1) is 8.12. The summed E-state index contributed by atoms with van der Waals surface area (Å²) in [5, 5.41) is -0.234. The van der Waals surface area contributed by atoms with Crippen LogP contribution in [0.4, 0.5) is 5.69 Å². The zero-order valence-electron chi connectivity index (χ0n) is 9.52. The average Bonchev–Trinajstić information content (AvgIpc) is 2.83. The molecule has 1 aromatic carbocycles. The summed E-state index contributed by atoms with van der Waals surface area (Å²) in [5.74, 6) is 0.388. The van der Waals surface area contributed by atoms with E-state index in [0.717, 1.165) is 31.2 Å². The highest BCUT2D eigenvalue weighted by Gasteiger charge is 2.28. The predicted molar refractivity (Wildman–Crippen MR) is 70.8 cm³/mol. The molecule has 5 heteroatoms. The number of anilines is 1. The summed E-state index contributed by atoms with van der Waals surface area (Å²) in [7, 11) is -3.23. The maximum atomic E-state index is 12.1. The van der Waals surface area contributed by atoms with E-state index < -0.39 is 10.0 Å². The van der Waals surface area contributed by atoms with Gasteiger partial charge in [-0.3, -0.25) is 4.72 Å². The quantitative estimate of drug-likeness (QED) is 0.857. The Hall–Kier alpha value is -0.740. The Bertz CT molecular complexity index is 481. The van der Waals surface area contributed by atoms with E-state index in [9.17, 15) is 8.42 Å². The van der Waals surface area contributed by atoms with Crippen molar-refractivity contribution in [3.8, 4) is 0 Å². The molecule has 1 saturated carbocycles. The summed E-state index contributed by atoms with van der Waals surface area (Å²) in [6, 6.07) is 7.21. The molecule has 1 aliphatic carbocycles. The highest BCUT2D eigenvalue weighted by Crippen LogP contribution is 2.26. The van der Waals surface area contributed by atoms with Crippen molar-refractivity contribution < 1.29 is 8.42 Å². The topological polar surface area (TPSA) is 46.2 Å². The predicted octanol–water partition coefficient (Wildman–Crippen LogP) is 3.11. The molecule has 0 atom stereocenters. The van der Waals surface area contributed by atoms with E-state index >= 15 is 0 Å². The van der Waals surface area contributed by atoms with Crippen LogP contribution in [0.1, 0.15) is 31.2 Å². The zero-order chi connectivity index (χ0) is 12.3. The molecule has 17 heavy (non-hydrogen) atoms. The zero-order valence-corrected chi connectivity index (χ0v) is 11.1. The minimum Gasteiger partial charge on any atom is -0.283 e. The molecule has 0 aromatic heterocycles. The fraction of sp³-hybridized carbons (Fsp3) is 0.500. The molecular weight excluding hydrogens is 258 g/mol. The lowest BCUT2D eigenvalue weighted by atomic mass is 10.2. The van der Waals surface area contributed by atoms with Crippen LogP contribution in [0.2, 0.25) is 0 Å². The summed E-state index contributed by atoms with van der Waals surface area (Å²) in [6.07, 6.45) is 3.55. The van der Waals surface area contributed by atoms with Gasteiger partial charge in [-0.05, 0) is 30.5 Å². The third-order valence-corrected chi connectivity index (χ3v) is 5.26. The minimum atomic E-state index is -3.23. The molecule has 3 nitrogen and oxygen atoms in total. The highest BCUT2D eigenvalue weighted by molar-refractivity contribution is 7.93. The normalized spacial score (nSPS) is 17.2. The third-order valence-electron chi connectivity index (χ3n) is 3.08. The van der Waals surface area contributed by atoms with Crippen LogP contribution < -0.4 is 4.72 Å². The number of hydrogen-bond acceptors (Lipinski definition) is 2. The van der Waals surface area contributed by atoms with Gasteiger partial charge in [0.15, 0.2) is 0 Å². The molecule has 1 aromatic rings. The van der Waals surface area contributed by atoms with Crippen LogP contribution in [0.15, 0.2) is 24.3 Å². The van der Waals surface area contributed by atoms with E-state index in [1.165, 1.54) is 0 Å². The lowest BCUT2D eigenvalue weighted by Gasteiger charge is -2.13. The Balaban J connectivity index is 2.13. The number of benzene rings is 1. The minimum absolute atomic E-state index is 0.234. The number of hydrogen-bond donors (Lipinski definition) is 1. The second kappa shape index (κ2) is 5.27. The van der Waals surface area contributed by atoms with Crippen LogP contribution in [0.3, 0.4) is 0 Å². The fourth-order valence-electron chi connectivity index (χ4n) is 2.16. The van der Waals surface area contributed by atoms with Crippen molar-refractivity contribution in [3.63, 3.8) is 0 Å². The first-order valence-corrected chi connectivity index (χ1v) is 7.86. The average molecular weight is 274 g/mol. The molecule has 0 saturated heterocycles. The van der Waals surface area contributed by atoms with Crippen molar-refractivity contribution in [2.75, 3.05) is 4.72 Å². The van der Waals surface area contributed by atoms with Crippen molar-refractivity contribution in [2.45, 2.75) is 36.8 Å². The Morgan fingerprint density at radius 1 is 1.29 bits per heavy atom. The van der Waals surface area contributed by atoms with E-state index in [-0.39, 0.29) is 5.25 Å². The van der Waals surface area contributed by atoms with Crippen molar-refractivity contribution in [2.24, 2.45) is 0 Å². The van der Waals surface area contributed by atoms with Gasteiger partial charge in [0.25, 0.3) is 0 Å². The summed E-state index contributed by atoms with van der Waals surface area (Å²) in [6.45, 7) is 0. The standard InChI is InChI=1S/C12H16ClNO2S/c13-9-10-4-3-5-11(8-10)14-17(15,16)12-6-1-2-7-12/h3-5,8,12,14H,1-2,6-7,9H2. The van der Waals surface area contributed by atoms with E-state index in [4.69, 9.17) is 11.6 Å².